The third kappa shape index (κ3) is 3.88. The topological polar surface area (TPSA) is 56.1 Å². The number of ether oxygens (including phenoxy) is 1. The van der Waals surface area contributed by atoms with Gasteiger partial charge in [-0.05, 0) is 25.1 Å². The molecular weight excluding hydrogens is 340 g/mol. The third-order valence-electron chi connectivity index (χ3n) is 3.88. The first-order valence-corrected chi connectivity index (χ1v) is 7.97. The molecule has 0 unspecified atom stereocenters. The van der Waals surface area contributed by atoms with Crippen LogP contribution >= 0.6 is 0 Å². The zero-order valence-corrected chi connectivity index (χ0v) is 14.0. The standard InChI is InChI=1S/C19H17F2N3O2/c1-13-16(12-23-24(13)15-8-3-2-4-9-15)18(25)22-11-14-7-5-6-10-17(14)26-19(20)21/h2-10,12,19H,11H2,1H3,(H,22,25). The van der Waals surface area contributed by atoms with Crippen molar-refractivity contribution in [2.75, 3.05) is 0 Å². The second-order valence-corrected chi connectivity index (χ2v) is 5.56. The minimum Gasteiger partial charge on any atom is -0.434 e. The average molecular weight is 357 g/mol. The molecule has 1 heterocycles. The van der Waals surface area contributed by atoms with E-state index in [0.717, 1.165) is 5.69 Å². The van der Waals surface area contributed by atoms with Crippen molar-refractivity contribution in [3.8, 4) is 11.4 Å². The number of hydrogen-bond donors (Lipinski definition) is 1. The number of alkyl halides is 2. The molecule has 7 heteroatoms. The summed E-state index contributed by atoms with van der Waals surface area (Å²) < 4.78 is 31.1. The lowest BCUT2D eigenvalue weighted by Gasteiger charge is -2.11. The highest BCUT2D eigenvalue weighted by Gasteiger charge is 2.16. The minimum absolute atomic E-state index is 0.0412. The maximum Gasteiger partial charge on any atom is 0.387 e. The largest absolute Gasteiger partial charge is 0.434 e. The van der Waals surface area contributed by atoms with Gasteiger partial charge in [-0.15, -0.1) is 0 Å². The van der Waals surface area contributed by atoms with E-state index in [1.54, 1.807) is 29.8 Å². The molecule has 1 N–H and O–H groups in total. The molecule has 0 aliphatic heterocycles. The molecule has 1 aromatic heterocycles. The normalized spacial score (nSPS) is 10.8. The summed E-state index contributed by atoms with van der Waals surface area (Å²) in [6, 6.07) is 15.8. The minimum atomic E-state index is -2.92. The van der Waals surface area contributed by atoms with Gasteiger partial charge in [0.1, 0.15) is 5.75 Å². The number of carbonyl (C=O) groups is 1. The van der Waals surface area contributed by atoms with Crippen molar-refractivity contribution in [3.63, 3.8) is 0 Å². The fourth-order valence-corrected chi connectivity index (χ4v) is 2.59. The summed E-state index contributed by atoms with van der Waals surface area (Å²) in [5, 5.41) is 6.97. The van der Waals surface area contributed by atoms with Crippen molar-refractivity contribution in [1.29, 1.82) is 0 Å². The van der Waals surface area contributed by atoms with Crippen LogP contribution in [0.1, 0.15) is 21.6 Å². The van der Waals surface area contributed by atoms with E-state index in [-0.39, 0.29) is 18.2 Å². The SMILES string of the molecule is Cc1c(C(=O)NCc2ccccc2OC(F)F)cnn1-c1ccccc1. The molecule has 3 aromatic rings. The number of carbonyl (C=O) groups excluding carboxylic acids is 1. The Hall–Kier alpha value is -3.22. The number of rotatable bonds is 6. The smallest absolute Gasteiger partial charge is 0.387 e. The molecule has 0 radical (unpaired) electrons. The molecule has 0 fully saturated rings. The molecular formula is C19H17F2N3O2. The van der Waals surface area contributed by atoms with E-state index in [1.165, 1.54) is 12.3 Å². The van der Waals surface area contributed by atoms with Crippen LogP contribution in [0.4, 0.5) is 8.78 Å². The molecule has 0 spiro atoms. The Morgan fingerprint density at radius 3 is 2.58 bits per heavy atom. The summed E-state index contributed by atoms with van der Waals surface area (Å²) in [7, 11) is 0. The number of nitrogens with zero attached hydrogens (tertiary/aromatic N) is 2. The van der Waals surface area contributed by atoms with Crippen molar-refractivity contribution in [1.82, 2.24) is 15.1 Å². The zero-order valence-electron chi connectivity index (χ0n) is 14.0. The summed E-state index contributed by atoms with van der Waals surface area (Å²) in [5.74, 6) is -0.295. The summed E-state index contributed by atoms with van der Waals surface area (Å²) in [5.41, 5.74) is 2.42. The second-order valence-electron chi connectivity index (χ2n) is 5.56. The van der Waals surface area contributed by atoms with Gasteiger partial charge < -0.3 is 10.1 Å². The Morgan fingerprint density at radius 2 is 1.85 bits per heavy atom. The first-order chi connectivity index (χ1) is 12.6. The summed E-state index contributed by atoms with van der Waals surface area (Å²) in [6.07, 6.45) is 1.49. The average Bonchev–Trinajstić information content (AvgIpc) is 3.02. The van der Waals surface area contributed by atoms with Gasteiger partial charge in [0.05, 0.1) is 23.1 Å². The van der Waals surface area contributed by atoms with Crippen molar-refractivity contribution >= 4 is 5.91 Å². The van der Waals surface area contributed by atoms with Gasteiger partial charge in [-0.2, -0.15) is 13.9 Å². The van der Waals surface area contributed by atoms with E-state index in [2.05, 4.69) is 15.2 Å². The third-order valence-corrected chi connectivity index (χ3v) is 3.88. The van der Waals surface area contributed by atoms with Crippen molar-refractivity contribution < 1.29 is 18.3 Å². The number of halogens is 2. The van der Waals surface area contributed by atoms with Gasteiger partial charge in [0.15, 0.2) is 0 Å². The van der Waals surface area contributed by atoms with E-state index in [1.807, 2.05) is 30.3 Å². The van der Waals surface area contributed by atoms with Crippen LogP contribution in [0.5, 0.6) is 5.75 Å². The molecule has 0 atom stereocenters. The van der Waals surface area contributed by atoms with Crippen molar-refractivity contribution in [2.24, 2.45) is 0 Å². The molecule has 0 aliphatic carbocycles. The molecule has 0 saturated carbocycles. The highest BCUT2D eigenvalue weighted by Crippen LogP contribution is 2.20. The van der Waals surface area contributed by atoms with E-state index in [4.69, 9.17) is 0 Å². The Bertz CT molecular complexity index is 895. The molecule has 2 aromatic carbocycles. The van der Waals surface area contributed by atoms with Crippen LogP contribution < -0.4 is 10.1 Å². The molecule has 0 aliphatic rings. The highest BCUT2D eigenvalue weighted by atomic mass is 19.3. The predicted molar refractivity (Wildman–Crippen MR) is 92.5 cm³/mol. The van der Waals surface area contributed by atoms with Crippen LogP contribution in [0.3, 0.4) is 0 Å². The number of para-hydroxylation sites is 2. The summed E-state index contributed by atoms with van der Waals surface area (Å²) in [4.78, 5) is 12.5. The zero-order chi connectivity index (χ0) is 18.5. The fourth-order valence-electron chi connectivity index (χ4n) is 2.59. The van der Waals surface area contributed by atoms with Crippen LogP contribution in [-0.2, 0) is 6.54 Å². The van der Waals surface area contributed by atoms with E-state index in [9.17, 15) is 13.6 Å². The van der Waals surface area contributed by atoms with E-state index >= 15 is 0 Å². The Balaban J connectivity index is 1.73. The highest BCUT2D eigenvalue weighted by molar-refractivity contribution is 5.95. The molecule has 0 saturated heterocycles. The number of amides is 1. The van der Waals surface area contributed by atoms with E-state index < -0.39 is 6.61 Å². The number of benzene rings is 2. The van der Waals surface area contributed by atoms with Crippen LogP contribution in [-0.4, -0.2) is 22.3 Å². The molecule has 0 bridgehead atoms. The number of aromatic nitrogens is 2. The molecule has 1 amide bonds. The van der Waals surface area contributed by atoms with Gasteiger partial charge in [0.2, 0.25) is 0 Å². The maximum atomic E-state index is 12.5. The predicted octanol–water partition coefficient (Wildman–Crippen LogP) is 3.71. The van der Waals surface area contributed by atoms with Crippen LogP contribution in [0, 0.1) is 6.92 Å². The van der Waals surface area contributed by atoms with Gasteiger partial charge in [-0.25, -0.2) is 4.68 Å². The first kappa shape index (κ1) is 17.6. The van der Waals surface area contributed by atoms with Crippen LogP contribution in [0.25, 0.3) is 5.69 Å². The van der Waals surface area contributed by atoms with Crippen LogP contribution in [0.15, 0.2) is 60.8 Å². The van der Waals surface area contributed by atoms with Gasteiger partial charge in [-0.3, -0.25) is 4.79 Å². The summed E-state index contributed by atoms with van der Waals surface area (Å²) in [6.45, 7) is -1.06. The van der Waals surface area contributed by atoms with Gasteiger partial charge in [0, 0.05) is 12.1 Å². The van der Waals surface area contributed by atoms with Gasteiger partial charge in [-0.1, -0.05) is 36.4 Å². The lowest BCUT2D eigenvalue weighted by atomic mass is 10.2. The first-order valence-electron chi connectivity index (χ1n) is 7.97. The number of hydrogen-bond acceptors (Lipinski definition) is 3. The maximum absolute atomic E-state index is 12.5. The summed E-state index contributed by atoms with van der Waals surface area (Å²) >= 11 is 0. The molecule has 3 rings (SSSR count). The van der Waals surface area contributed by atoms with Crippen molar-refractivity contribution in [3.05, 3.63) is 77.6 Å². The molecule has 5 nitrogen and oxygen atoms in total. The number of nitrogens with one attached hydrogen (secondary N) is 1. The quantitative estimate of drug-likeness (QED) is 0.732. The molecule has 26 heavy (non-hydrogen) atoms. The fraction of sp³-hybridized carbons (Fsp3) is 0.158. The van der Waals surface area contributed by atoms with Crippen LogP contribution in [0.2, 0.25) is 0 Å². The van der Waals surface area contributed by atoms with Gasteiger partial charge >= 0.3 is 6.61 Å². The van der Waals surface area contributed by atoms with Gasteiger partial charge in [0.25, 0.3) is 5.91 Å². The monoisotopic (exact) mass is 357 g/mol. The Morgan fingerprint density at radius 1 is 1.15 bits per heavy atom. The Labute approximate surface area is 149 Å². The molecule has 134 valence electrons. The van der Waals surface area contributed by atoms with E-state index in [0.29, 0.717) is 16.8 Å². The lowest BCUT2D eigenvalue weighted by molar-refractivity contribution is -0.0504. The lowest BCUT2D eigenvalue weighted by Crippen LogP contribution is -2.23. The Kier molecular flexibility index (Phi) is 5.26. The second kappa shape index (κ2) is 7.77. The van der Waals surface area contributed by atoms with Crippen molar-refractivity contribution in [2.45, 2.75) is 20.1 Å².